The lowest BCUT2D eigenvalue weighted by Gasteiger charge is -2.10. The Morgan fingerprint density at radius 1 is 1.11 bits per heavy atom. The van der Waals surface area contributed by atoms with Crippen molar-refractivity contribution in [3.63, 3.8) is 0 Å². The standard InChI is InChI=1S/C21H18ClN3O3/c1-10-5-6-17(16(22)7-10)23-20(26)15-9-18(14-8-11(2)27-13(14)4)24-21-19(15)12(3)25-28-21/h5-9H,1-4H3,(H,23,26). The van der Waals surface area contributed by atoms with Crippen molar-refractivity contribution in [1.82, 2.24) is 10.1 Å². The number of fused-ring (bicyclic) bond motifs is 1. The van der Waals surface area contributed by atoms with Crippen LogP contribution in [0, 0.1) is 27.7 Å². The zero-order valence-corrected chi connectivity index (χ0v) is 16.6. The molecule has 0 fully saturated rings. The van der Waals surface area contributed by atoms with Gasteiger partial charge >= 0.3 is 0 Å². The quantitative estimate of drug-likeness (QED) is 0.486. The zero-order chi connectivity index (χ0) is 20.0. The smallest absolute Gasteiger partial charge is 0.259 e. The maximum absolute atomic E-state index is 13.1. The summed E-state index contributed by atoms with van der Waals surface area (Å²) in [4.78, 5) is 17.6. The van der Waals surface area contributed by atoms with Gasteiger partial charge in [0.1, 0.15) is 11.5 Å². The highest BCUT2D eigenvalue weighted by Gasteiger charge is 2.21. The number of aryl methyl sites for hydroxylation is 4. The highest BCUT2D eigenvalue weighted by molar-refractivity contribution is 6.34. The first-order valence-electron chi connectivity index (χ1n) is 8.75. The zero-order valence-electron chi connectivity index (χ0n) is 15.9. The number of hydrogen-bond acceptors (Lipinski definition) is 5. The summed E-state index contributed by atoms with van der Waals surface area (Å²) in [6.45, 7) is 7.42. The fraction of sp³-hybridized carbons (Fsp3) is 0.190. The number of pyridine rings is 1. The molecule has 0 aliphatic heterocycles. The number of carbonyl (C=O) groups excluding carboxylic acids is 1. The minimum atomic E-state index is -0.316. The second-order valence-corrected chi connectivity index (χ2v) is 7.17. The van der Waals surface area contributed by atoms with E-state index in [1.54, 1.807) is 25.1 Å². The second-order valence-electron chi connectivity index (χ2n) is 6.77. The summed E-state index contributed by atoms with van der Waals surface area (Å²) in [5.41, 5.74) is 4.23. The summed E-state index contributed by atoms with van der Waals surface area (Å²) >= 11 is 6.27. The van der Waals surface area contributed by atoms with Gasteiger partial charge in [-0.2, -0.15) is 0 Å². The Bertz CT molecular complexity index is 1220. The molecule has 1 aromatic carbocycles. The summed E-state index contributed by atoms with van der Waals surface area (Å²) < 4.78 is 10.9. The number of amides is 1. The summed E-state index contributed by atoms with van der Waals surface area (Å²) in [6, 6.07) is 9.07. The molecule has 28 heavy (non-hydrogen) atoms. The number of anilines is 1. The highest BCUT2D eigenvalue weighted by atomic mass is 35.5. The highest BCUT2D eigenvalue weighted by Crippen LogP contribution is 2.31. The van der Waals surface area contributed by atoms with Gasteiger partial charge in [0.05, 0.1) is 33.0 Å². The van der Waals surface area contributed by atoms with Crippen LogP contribution in [0.5, 0.6) is 0 Å². The number of benzene rings is 1. The number of furan rings is 1. The van der Waals surface area contributed by atoms with Gasteiger partial charge in [-0.05, 0) is 57.5 Å². The van der Waals surface area contributed by atoms with Crippen molar-refractivity contribution in [2.24, 2.45) is 0 Å². The van der Waals surface area contributed by atoms with Crippen LogP contribution in [-0.2, 0) is 0 Å². The van der Waals surface area contributed by atoms with Crippen molar-refractivity contribution in [3.8, 4) is 11.3 Å². The number of rotatable bonds is 3. The molecule has 0 spiro atoms. The Hall–Kier alpha value is -3.12. The van der Waals surface area contributed by atoms with Gasteiger partial charge in [-0.25, -0.2) is 4.98 Å². The van der Waals surface area contributed by atoms with Crippen LogP contribution in [0.3, 0.4) is 0 Å². The topological polar surface area (TPSA) is 81.2 Å². The largest absolute Gasteiger partial charge is 0.466 e. The van der Waals surface area contributed by atoms with Crippen molar-refractivity contribution in [3.05, 3.63) is 63.7 Å². The molecular formula is C21H18ClN3O3. The Labute approximate surface area is 166 Å². The molecule has 0 saturated carbocycles. The molecule has 4 rings (SSSR count). The van der Waals surface area contributed by atoms with Gasteiger partial charge in [-0.15, -0.1) is 0 Å². The summed E-state index contributed by atoms with van der Waals surface area (Å²) in [5.74, 6) is 1.16. The van der Waals surface area contributed by atoms with E-state index < -0.39 is 0 Å². The van der Waals surface area contributed by atoms with Crippen LogP contribution in [0.2, 0.25) is 5.02 Å². The molecule has 6 nitrogen and oxygen atoms in total. The molecule has 0 aliphatic rings. The average Bonchev–Trinajstić information content (AvgIpc) is 3.18. The molecule has 4 aromatic rings. The van der Waals surface area contributed by atoms with E-state index in [4.69, 9.17) is 20.5 Å². The third-order valence-electron chi connectivity index (χ3n) is 4.55. The summed E-state index contributed by atoms with van der Waals surface area (Å²) in [6.07, 6.45) is 0. The molecule has 3 aromatic heterocycles. The molecule has 0 bridgehead atoms. The molecule has 0 saturated heterocycles. The monoisotopic (exact) mass is 395 g/mol. The van der Waals surface area contributed by atoms with Crippen LogP contribution < -0.4 is 5.32 Å². The first-order valence-corrected chi connectivity index (χ1v) is 9.13. The van der Waals surface area contributed by atoms with Gasteiger partial charge in [0.2, 0.25) is 0 Å². The SMILES string of the molecule is Cc1ccc(NC(=O)c2cc(-c3cc(C)oc3C)nc3onc(C)c23)c(Cl)c1. The molecule has 7 heteroatoms. The van der Waals surface area contributed by atoms with Gasteiger partial charge in [-0.3, -0.25) is 4.79 Å². The molecule has 1 N–H and O–H groups in total. The van der Waals surface area contributed by atoms with Crippen LogP contribution in [0.15, 0.2) is 39.3 Å². The Balaban J connectivity index is 1.83. The normalized spacial score (nSPS) is 11.2. The van der Waals surface area contributed by atoms with Crippen LogP contribution in [0.1, 0.15) is 33.1 Å². The van der Waals surface area contributed by atoms with Crippen LogP contribution >= 0.6 is 11.6 Å². The Kier molecular flexibility index (Phi) is 4.43. The minimum Gasteiger partial charge on any atom is -0.466 e. The van der Waals surface area contributed by atoms with Gasteiger partial charge in [0.25, 0.3) is 11.6 Å². The van der Waals surface area contributed by atoms with Crippen molar-refractivity contribution in [1.29, 1.82) is 0 Å². The summed E-state index contributed by atoms with van der Waals surface area (Å²) in [5, 5.41) is 7.89. The first kappa shape index (κ1) is 18.3. The Morgan fingerprint density at radius 3 is 2.57 bits per heavy atom. The lowest BCUT2D eigenvalue weighted by molar-refractivity contribution is 0.102. The third kappa shape index (κ3) is 3.16. The van der Waals surface area contributed by atoms with Gasteiger partial charge in [0, 0.05) is 5.56 Å². The van der Waals surface area contributed by atoms with Crippen molar-refractivity contribution >= 4 is 34.3 Å². The fourth-order valence-electron chi connectivity index (χ4n) is 3.21. The van der Waals surface area contributed by atoms with Crippen molar-refractivity contribution in [2.45, 2.75) is 27.7 Å². The van der Waals surface area contributed by atoms with Crippen LogP contribution in [0.4, 0.5) is 5.69 Å². The van der Waals surface area contributed by atoms with Gasteiger partial charge in [-0.1, -0.05) is 22.8 Å². The van der Waals surface area contributed by atoms with Crippen molar-refractivity contribution in [2.75, 3.05) is 5.32 Å². The van der Waals surface area contributed by atoms with Crippen LogP contribution in [-0.4, -0.2) is 16.0 Å². The number of halogens is 1. The van der Waals surface area contributed by atoms with Gasteiger partial charge in [0.15, 0.2) is 0 Å². The van der Waals surface area contributed by atoms with E-state index in [1.807, 2.05) is 32.9 Å². The lowest BCUT2D eigenvalue weighted by atomic mass is 10.1. The molecule has 3 heterocycles. The fourth-order valence-corrected chi connectivity index (χ4v) is 3.49. The average molecular weight is 396 g/mol. The molecule has 0 atom stereocenters. The third-order valence-corrected chi connectivity index (χ3v) is 4.86. The van der Waals surface area contributed by atoms with E-state index in [1.165, 1.54) is 0 Å². The van der Waals surface area contributed by atoms with E-state index in [-0.39, 0.29) is 5.91 Å². The summed E-state index contributed by atoms with van der Waals surface area (Å²) in [7, 11) is 0. The number of nitrogens with zero attached hydrogens (tertiary/aromatic N) is 2. The molecule has 142 valence electrons. The van der Waals surface area contributed by atoms with E-state index >= 15 is 0 Å². The predicted octanol–water partition coefficient (Wildman–Crippen LogP) is 5.62. The number of hydrogen-bond donors (Lipinski definition) is 1. The van der Waals surface area contributed by atoms with Gasteiger partial charge < -0.3 is 14.3 Å². The maximum Gasteiger partial charge on any atom is 0.259 e. The molecule has 0 unspecified atom stereocenters. The lowest BCUT2D eigenvalue weighted by Crippen LogP contribution is -2.13. The predicted molar refractivity (Wildman–Crippen MR) is 108 cm³/mol. The molecule has 0 aliphatic carbocycles. The molecular weight excluding hydrogens is 378 g/mol. The van der Waals surface area contributed by atoms with E-state index in [2.05, 4.69) is 15.5 Å². The first-order chi connectivity index (χ1) is 13.3. The van der Waals surface area contributed by atoms with Crippen molar-refractivity contribution < 1.29 is 13.7 Å². The molecule has 0 radical (unpaired) electrons. The molecule has 1 amide bonds. The number of aromatic nitrogens is 2. The Morgan fingerprint density at radius 2 is 1.89 bits per heavy atom. The van der Waals surface area contributed by atoms with E-state index in [9.17, 15) is 4.79 Å². The number of nitrogens with one attached hydrogen (secondary N) is 1. The number of carbonyl (C=O) groups is 1. The van der Waals surface area contributed by atoms with E-state index in [0.717, 1.165) is 16.9 Å². The van der Waals surface area contributed by atoms with E-state index in [0.29, 0.717) is 44.5 Å². The van der Waals surface area contributed by atoms with Crippen LogP contribution in [0.25, 0.3) is 22.4 Å². The minimum absolute atomic E-state index is 0.299. The second kappa shape index (κ2) is 6.80. The maximum atomic E-state index is 13.1.